The van der Waals surface area contributed by atoms with Crippen LogP contribution in [-0.4, -0.2) is 6.71 Å². The summed E-state index contributed by atoms with van der Waals surface area (Å²) in [6.45, 7) is 20.7. The maximum Gasteiger partial charge on any atom is 0.252 e. The molecule has 0 radical (unpaired) electrons. The molecule has 0 bridgehead atoms. The standard InChI is InChI=1S/C60H56BN3O/c1-58(2,3)39-22-27-43(28-23-39)62(45-32-35-56-48(37-45)47-18-13-14-21-55(47)65-56)46-31-33-49-54(38-46)64(42-16-11-10-12-17-42)53-20-15-19-52-57(53)61(49)50-36-41(60(7,8)9)26-34-51(50)63(52)44-29-24-40(25-30-44)59(4,5)6/h10-38H,1-9H3. The van der Waals surface area contributed by atoms with E-state index >= 15 is 0 Å². The highest BCUT2D eigenvalue weighted by atomic mass is 16.3. The highest BCUT2D eigenvalue weighted by molar-refractivity contribution is 7.00. The van der Waals surface area contributed by atoms with Gasteiger partial charge in [-0.15, -0.1) is 0 Å². The summed E-state index contributed by atoms with van der Waals surface area (Å²) in [6.07, 6.45) is 0. The summed E-state index contributed by atoms with van der Waals surface area (Å²) in [7, 11) is 0. The Morgan fingerprint density at radius 3 is 1.60 bits per heavy atom. The predicted octanol–water partition coefficient (Wildman–Crippen LogP) is 15.0. The fraction of sp³-hybridized carbons (Fsp3) is 0.200. The second-order valence-corrected chi connectivity index (χ2v) is 21.1. The number of furan rings is 1. The number of rotatable bonds is 5. The van der Waals surface area contributed by atoms with E-state index in [0.717, 1.165) is 50.4 Å². The molecule has 1 aromatic heterocycles. The molecule has 2 aliphatic heterocycles. The largest absolute Gasteiger partial charge is 0.456 e. The van der Waals surface area contributed by atoms with E-state index < -0.39 is 0 Å². The molecule has 3 heterocycles. The van der Waals surface area contributed by atoms with Gasteiger partial charge in [0.05, 0.1) is 0 Å². The van der Waals surface area contributed by atoms with Crippen LogP contribution in [0.25, 0.3) is 21.9 Å². The van der Waals surface area contributed by atoms with Crippen LogP contribution >= 0.6 is 0 Å². The van der Waals surface area contributed by atoms with Crippen molar-refractivity contribution in [2.75, 3.05) is 14.7 Å². The number of nitrogens with zero attached hydrogens (tertiary/aromatic N) is 3. The van der Waals surface area contributed by atoms with Crippen LogP contribution in [0.5, 0.6) is 0 Å². The second-order valence-electron chi connectivity index (χ2n) is 21.1. The Balaban J connectivity index is 1.16. The molecule has 4 nitrogen and oxygen atoms in total. The average molecular weight is 846 g/mol. The van der Waals surface area contributed by atoms with Gasteiger partial charge >= 0.3 is 0 Å². The lowest BCUT2D eigenvalue weighted by Gasteiger charge is -2.44. The summed E-state index contributed by atoms with van der Waals surface area (Å²) >= 11 is 0. The van der Waals surface area contributed by atoms with Gasteiger partial charge in [0.15, 0.2) is 0 Å². The Morgan fingerprint density at radius 2 is 0.923 bits per heavy atom. The number of benzene rings is 8. The van der Waals surface area contributed by atoms with Gasteiger partial charge in [0.2, 0.25) is 0 Å². The van der Waals surface area contributed by atoms with E-state index in [2.05, 4.69) is 247 Å². The van der Waals surface area contributed by atoms with Crippen molar-refractivity contribution in [3.05, 3.63) is 193 Å². The van der Waals surface area contributed by atoms with Gasteiger partial charge in [-0.05, 0) is 140 Å². The predicted molar refractivity (Wildman–Crippen MR) is 279 cm³/mol. The molecule has 0 aliphatic carbocycles. The summed E-state index contributed by atoms with van der Waals surface area (Å²) in [5.74, 6) is 0. The number of anilines is 9. The van der Waals surface area contributed by atoms with Crippen molar-refractivity contribution in [3.8, 4) is 0 Å². The molecule has 0 atom stereocenters. The summed E-state index contributed by atoms with van der Waals surface area (Å²) < 4.78 is 6.35. The molecule has 0 fully saturated rings. The summed E-state index contributed by atoms with van der Waals surface area (Å²) in [5, 5.41) is 2.22. The summed E-state index contributed by atoms with van der Waals surface area (Å²) in [5.41, 5.74) is 20.1. The first-order chi connectivity index (χ1) is 31.1. The maximum atomic E-state index is 6.35. The SMILES string of the molecule is CC(C)(C)c1ccc(N(c2ccc3c(c2)N(c2ccccc2)c2cccc4c2B3c2cc(C(C)(C)C)ccc2N4c2ccc(C(C)(C)C)cc2)c2ccc3oc4ccccc4c3c2)cc1. The molecular formula is C60H56BN3O. The van der Waals surface area contributed by atoms with Gasteiger partial charge in [0, 0.05) is 62.0 Å². The maximum absolute atomic E-state index is 6.35. The monoisotopic (exact) mass is 845 g/mol. The topological polar surface area (TPSA) is 22.9 Å². The smallest absolute Gasteiger partial charge is 0.252 e. The van der Waals surface area contributed by atoms with E-state index in [1.807, 2.05) is 6.07 Å². The molecule has 2 aliphatic rings. The summed E-state index contributed by atoms with van der Waals surface area (Å²) in [4.78, 5) is 7.42. The average Bonchev–Trinajstić information content (AvgIpc) is 3.66. The quantitative estimate of drug-likeness (QED) is 0.161. The molecule has 9 aromatic rings. The first kappa shape index (κ1) is 40.8. The number of fused-ring (bicyclic) bond motifs is 7. The molecular weight excluding hydrogens is 789 g/mol. The zero-order valence-corrected chi connectivity index (χ0v) is 39.1. The van der Waals surface area contributed by atoms with Crippen molar-refractivity contribution in [3.63, 3.8) is 0 Å². The van der Waals surface area contributed by atoms with Gasteiger partial charge < -0.3 is 19.1 Å². The molecule has 5 heteroatoms. The first-order valence-electron chi connectivity index (χ1n) is 23.1. The van der Waals surface area contributed by atoms with Crippen LogP contribution in [0.4, 0.5) is 51.2 Å². The van der Waals surface area contributed by atoms with Crippen molar-refractivity contribution in [1.82, 2.24) is 0 Å². The van der Waals surface area contributed by atoms with Crippen molar-refractivity contribution in [2.24, 2.45) is 0 Å². The Hall–Kier alpha value is -6.98. The van der Waals surface area contributed by atoms with E-state index in [-0.39, 0.29) is 23.0 Å². The molecule has 0 saturated carbocycles. The fourth-order valence-corrected chi connectivity index (χ4v) is 10.2. The van der Waals surface area contributed by atoms with Gasteiger partial charge in [-0.1, -0.05) is 147 Å². The van der Waals surface area contributed by atoms with Gasteiger partial charge in [0.1, 0.15) is 11.2 Å². The highest BCUT2D eigenvalue weighted by Gasteiger charge is 2.44. The van der Waals surface area contributed by atoms with Crippen LogP contribution in [0.15, 0.2) is 180 Å². The van der Waals surface area contributed by atoms with E-state index in [1.54, 1.807) is 0 Å². The van der Waals surface area contributed by atoms with Gasteiger partial charge in [-0.2, -0.15) is 0 Å². The zero-order valence-electron chi connectivity index (χ0n) is 39.1. The van der Waals surface area contributed by atoms with Crippen molar-refractivity contribution in [1.29, 1.82) is 0 Å². The Morgan fingerprint density at radius 1 is 0.385 bits per heavy atom. The minimum absolute atomic E-state index is 0.000717. The summed E-state index contributed by atoms with van der Waals surface area (Å²) in [6, 6.07) is 65.5. The molecule has 0 unspecified atom stereocenters. The number of hydrogen-bond acceptors (Lipinski definition) is 4. The minimum Gasteiger partial charge on any atom is -0.456 e. The second kappa shape index (κ2) is 14.8. The third kappa shape index (κ3) is 6.83. The molecule has 0 N–H and O–H groups in total. The minimum atomic E-state index is -0.0319. The van der Waals surface area contributed by atoms with Gasteiger partial charge in [0.25, 0.3) is 6.71 Å². The van der Waals surface area contributed by atoms with Crippen LogP contribution < -0.4 is 31.1 Å². The highest BCUT2D eigenvalue weighted by Crippen LogP contribution is 2.47. The van der Waals surface area contributed by atoms with E-state index in [1.165, 1.54) is 55.8 Å². The van der Waals surface area contributed by atoms with Crippen LogP contribution in [0, 0.1) is 0 Å². The van der Waals surface area contributed by atoms with Crippen LogP contribution in [0.2, 0.25) is 0 Å². The Bertz CT molecular complexity index is 3270. The number of hydrogen-bond donors (Lipinski definition) is 0. The Kier molecular flexibility index (Phi) is 9.28. The first-order valence-corrected chi connectivity index (χ1v) is 23.1. The van der Waals surface area contributed by atoms with Crippen molar-refractivity contribution in [2.45, 2.75) is 78.6 Å². The normalized spacial score (nSPS) is 13.5. The third-order valence-corrected chi connectivity index (χ3v) is 13.7. The third-order valence-electron chi connectivity index (χ3n) is 13.7. The van der Waals surface area contributed by atoms with E-state index in [0.29, 0.717) is 0 Å². The number of para-hydroxylation sites is 2. The van der Waals surface area contributed by atoms with Crippen molar-refractivity contribution >= 4 is 96.2 Å². The van der Waals surface area contributed by atoms with Crippen LogP contribution in [-0.2, 0) is 16.2 Å². The molecule has 65 heavy (non-hydrogen) atoms. The van der Waals surface area contributed by atoms with E-state index in [4.69, 9.17) is 4.42 Å². The van der Waals surface area contributed by atoms with Crippen LogP contribution in [0.1, 0.15) is 79.0 Å². The lowest BCUT2D eigenvalue weighted by atomic mass is 9.33. The molecule has 320 valence electrons. The van der Waals surface area contributed by atoms with Gasteiger partial charge in [-0.3, -0.25) is 0 Å². The molecule has 0 saturated heterocycles. The van der Waals surface area contributed by atoms with Crippen molar-refractivity contribution < 1.29 is 4.42 Å². The Labute approximate surface area is 384 Å². The molecule has 0 spiro atoms. The van der Waals surface area contributed by atoms with Crippen LogP contribution in [0.3, 0.4) is 0 Å². The molecule has 8 aromatic carbocycles. The van der Waals surface area contributed by atoms with E-state index in [9.17, 15) is 0 Å². The zero-order chi connectivity index (χ0) is 45.0. The fourth-order valence-electron chi connectivity index (χ4n) is 10.2. The molecule has 11 rings (SSSR count). The van der Waals surface area contributed by atoms with Gasteiger partial charge in [-0.25, -0.2) is 0 Å². The lowest BCUT2D eigenvalue weighted by Crippen LogP contribution is -2.61. The molecule has 0 amide bonds. The lowest BCUT2D eigenvalue weighted by molar-refractivity contribution is 0.590.